The Morgan fingerprint density at radius 3 is 3.06 bits per heavy atom. The molecule has 0 aromatic carbocycles. The zero-order chi connectivity index (χ0) is 13.1. The number of amides is 1. The molecule has 1 aromatic rings. The first-order valence-electron chi connectivity index (χ1n) is 5.96. The molecule has 1 amide bonds. The highest BCUT2D eigenvalue weighted by Crippen LogP contribution is 2.20. The van der Waals surface area contributed by atoms with Gasteiger partial charge in [0.2, 0.25) is 0 Å². The molecule has 1 atom stereocenters. The van der Waals surface area contributed by atoms with Gasteiger partial charge in [-0.15, -0.1) is 0 Å². The van der Waals surface area contributed by atoms with E-state index in [1.54, 1.807) is 12.1 Å². The number of aromatic nitrogens is 1. The number of carbonyl (C=O) groups is 1. The summed E-state index contributed by atoms with van der Waals surface area (Å²) in [5, 5.41) is 0. The number of carbonyl (C=O) groups excluding carboxylic acids is 1. The van der Waals surface area contributed by atoms with Crippen molar-refractivity contribution in [2.75, 3.05) is 31.1 Å². The monoisotopic (exact) mass is 250 g/mol. The standard InChI is InChI=1S/C12H18N4O2/c1-8-2-3-10(11(14)17)12(15-8)16-4-5-18-9(6-13)7-16/h2-3,9H,4-7,13H2,1H3,(H2,14,17). The Hall–Kier alpha value is -1.66. The van der Waals surface area contributed by atoms with E-state index in [1.165, 1.54) is 0 Å². The molecule has 0 saturated carbocycles. The van der Waals surface area contributed by atoms with Gasteiger partial charge in [-0.2, -0.15) is 0 Å². The van der Waals surface area contributed by atoms with Crippen molar-refractivity contribution < 1.29 is 9.53 Å². The summed E-state index contributed by atoms with van der Waals surface area (Å²) < 4.78 is 5.50. The number of aryl methyl sites for hydroxylation is 1. The van der Waals surface area contributed by atoms with Crippen molar-refractivity contribution in [3.05, 3.63) is 23.4 Å². The summed E-state index contributed by atoms with van der Waals surface area (Å²) in [6, 6.07) is 3.50. The van der Waals surface area contributed by atoms with E-state index in [0.29, 0.717) is 37.6 Å². The molecule has 1 unspecified atom stereocenters. The third-order valence-corrected chi connectivity index (χ3v) is 2.98. The highest BCUT2D eigenvalue weighted by Gasteiger charge is 2.23. The molecule has 0 spiro atoms. The molecule has 1 fully saturated rings. The third kappa shape index (κ3) is 2.60. The number of nitrogens with zero attached hydrogens (tertiary/aromatic N) is 2. The smallest absolute Gasteiger partial charge is 0.252 e. The minimum absolute atomic E-state index is 0.0261. The number of rotatable bonds is 3. The second kappa shape index (κ2) is 5.32. The van der Waals surface area contributed by atoms with Crippen LogP contribution in [0.2, 0.25) is 0 Å². The average molecular weight is 250 g/mol. The van der Waals surface area contributed by atoms with Gasteiger partial charge < -0.3 is 21.1 Å². The second-order valence-corrected chi connectivity index (χ2v) is 4.36. The molecule has 98 valence electrons. The van der Waals surface area contributed by atoms with Gasteiger partial charge in [-0.1, -0.05) is 0 Å². The molecule has 1 aliphatic rings. The van der Waals surface area contributed by atoms with Crippen LogP contribution in [0.5, 0.6) is 0 Å². The van der Waals surface area contributed by atoms with Crippen LogP contribution < -0.4 is 16.4 Å². The molecule has 18 heavy (non-hydrogen) atoms. The molecule has 0 bridgehead atoms. The summed E-state index contributed by atoms with van der Waals surface area (Å²) >= 11 is 0. The fourth-order valence-corrected chi connectivity index (χ4v) is 2.03. The first-order chi connectivity index (χ1) is 8.61. The van der Waals surface area contributed by atoms with Crippen molar-refractivity contribution in [1.29, 1.82) is 0 Å². The highest BCUT2D eigenvalue weighted by molar-refractivity contribution is 5.97. The summed E-state index contributed by atoms with van der Waals surface area (Å²) in [4.78, 5) is 17.8. The topological polar surface area (TPSA) is 94.5 Å². The summed E-state index contributed by atoms with van der Waals surface area (Å²) in [5.74, 6) is 0.164. The van der Waals surface area contributed by atoms with Crippen LogP contribution in [-0.2, 0) is 4.74 Å². The Kier molecular flexibility index (Phi) is 3.78. The molecule has 0 aliphatic carbocycles. The van der Waals surface area contributed by atoms with Gasteiger partial charge in [-0.25, -0.2) is 4.98 Å². The van der Waals surface area contributed by atoms with Crippen LogP contribution in [0.3, 0.4) is 0 Å². The maximum Gasteiger partial charge on any atom is 0.252 e. The van der Waals surface area contributed by atoms with Crippen molar-refractivity contribution in [3.8, 4) is 0 Å². The van der Waals surface area contributed by atoms with Crippen LogP contribution in [0.1, 0.15) is 16.1 Å². The van der Waals surface area contributed by atoms with Crippen molar-refractivity contribution >= 4 is 11.7 Å². The Bertz CT molecular complexity index is 450. The largest absolute Gasteiger partial charge is 0.373 e. The lowest BCUT2D eigenvalue weighted by Gasteiger charge is -2.34. The number of pyridine rings is 1. The molecule has 6 nitrogen and oxygen atoms in total. The summed E-state index contributed by atoms with van der Waals surface area (Å²) in [6.45, 7) is 4.24. The van der Waals surface area contributed by atoms with E-state index in [4.69, 9.17) is 16.2 Å². The number of ether oxygens (including phenoxy) is 1. The van der Waals surface area contributed by atoms with Gasteiger partial charge in [0.15, 0.2) is 0 Å². The first kappa shape index (κ1) is 12.8. The Morgan fingerprint density at radius 2 is 2.39 bits per heavy atom. The van der Waals surface area contributed by atoms with Crippen LogP contribution in [0.15, 0.2) is 12.1 Å². The van der Waals surface area contributed by atoms with Crippen molar-refractivity contribution in [1.82, 2.24) is 4.98 Å². The SMILES string of the molecule is Cc1ccc(C(N)=O)c(N2CCOC(CN)C2)n1. The zero-order valence-electron chi connectivity index (χ0n) is 10.4. The molecule has 1 aromatic heterocycles. The molecule has 1 saturated heterocycles. The fraction of sp³-hybridized carbons (Fsp3) is 0.500. The Morgan fingerprint density at radius 1 is 1.61 bits per heavy atom. The molecule has 2 rings (SSSR count). The summed E-state index contributed by atoms with van der Waals surface area (Å²) in [7, 11) is 0. The van der Waals surface area contributed by atoms with E-state index in [-0.39, 0.29) is 6.10 Å². The first-order valence-corrected chi connectivity index (χ1v) is 5.96. The maximum absolute atomic E-state index is 11.4. The van der Waals surface area contributed by atoms with Gasteiger partial charge in [0.1, 0.15) is 5.82 Å². The second-order valence-electron chi connectivity index (χ2n) is 4.36. The van der Waals surface area contributed by atoms with Crippen molar-refractivity contribution in [2.45, 2.75) is 13.0 Å². The predicted octanol–water partition coefficient (Wildman–Crippen LogP) is -0.347. The van der Waals surface area contributed by atoms with E-state index in [2.05, 4.69) is 4.98 Å². The van der Waals surface area contributed by atoms with Gasteiger partial charge >= 0.3 is 0 Å². The van der Waals surface area contributed by atoms with Crippen LogP contribution in [0, 0.1) is 6.92 Å². The number of hydrogen-bond acceptors (Lipinski definition) is 5. The molecular formula is C12H18N4O2. The fourth-order valence-electron chi connectivity index (χ4n) is 2.03. The Labute approximate surface area is 106 Å². The van der Waals surface area contributed by atoms with Gasteiger partial charge in [0.25, 0.3) is 5.91 Å². The molecule has 1 aliphatic heterocycles. The normalized spacial score (nSPS) is 19.9. The number of primary amides is 1. The van der Waals surface area contributed by atoms with E-state index in [9.17, 15) is 4.79 Å². The lowest BCUT2D eigenvalue weighted by atomic mass is 10.2. The molecule has 0 radical (unpaired) electrons. The summed E-state index contributed by atoms with van der Waals surface area (Å²) in [6.07, 6.45) is -0.0261. The number of nitrogens with two attached hydrogens (primary N) is 2. The molecule has 2 heterocycles. The summed E-state index contributed by atoms with van der Waals surface area (Å²) in [5.41, 5.74) is 12.3. The third-order valence-electron chi connectivity index (χ3n) is 2.98. The van der Waals surface area contributed by atoms with E-state index >= 15 is 0 Å². The predicted molar refractivity (Wildman–Crippen MR) is 68.5 cm³/mol. The van der Waals surface area contributed by atoms with E-state index < -0.39 is 5.91 Å². The zero-order valence-corrected chi connectivity index (χ0v) is 10.4. The molecule has 4 N–H and O–H groups in total. The molecule has 6 heteroatoms. The quantitative estimate of drug-likeness (QED) is 0.765. The average Bonchev–Trinajstić information content (AvgIpc) is 2.38. The number of morpholine rings is 1. The lowest BCUT2D eigenvalue weighted by Crippen LogP contribution is -2.46. The molecular weight excluding hydrogens is 232 g/mol. The maximum atomic E-state index is 11.4. The van der Waals surface area contributed by atoms with E-state index in [1.807, 2.05) is 11.8 Å². The van der Waals surface area contributed by atoms with Gasteiger partial charge in [0.05, 0.1) is 18.3 Å². The number of anilines is 1. The highest BCUT2D eigenvalue weighted by atomic mass is 16.5. The van der Waals surface area contributed by atoms with Crippen LogP contribution in [-0.4, -0.2) is 43.2 Å². The minimum Gasteiger partial charge on any atom is -0.373 e. The van der Waals surface area contributed by atoms with Crippen LogP contribution in [0.4, 0.5) is 5.82 Å². The Balaban J connectivity index is 2.31. The lowest BCUT2D eigenvalue weighted by molar-refractivity contribution is 0.0462. The van der Waals surface area contributed by atoms with Crippen LogP contribution >= 0.6 is 0 Å². The van der Waals surface area contributed by atoms with Gasteiger partial charge in [-0.3, -0.25) is 4.79 Å². The van der Waals surface area contributed by atoms with Gasteiger partial charge in [-0.05, 0) is 19.1 Å². The van der Waals surface area contributed by atoms with Gasteiger partial charge in [0, 0.05) is 25.3 Å². The van der Waals surface area contributed by atoms with Crippen molar-refractivity contribution in [2.24, 2.45) is 11.5 Å². The number of hydrogen-bond donors (Lipinski definition) is 2. The van der Waals surface area contributed by atoms with Crippen molar-refractivity contribution in [3.63, 3.8) is 0 Å². The van der Waals surface area contributed by atoms with Crippen LogP contribution in [0.25, 0.3) is 0 Å². The van der Waals surface area contributed by atoms with E-state index in [0.717, 1.165) is 5.69 Å². The minimum atomic E-state index is -0.465.